The number of methoxy groups -OCH3 is 1. The number of nitrogens with one attached hydrogen (secondary N) is 1. The largest absolute Gasteiger partial charge is 0.497 e. The molecule has 2 atom stereocenters. The van der Waals surface area contributed by atoms with Gasteiger partial charge in [-0.05, 0) is 43.2 Å². The molecule has 2 aromatic carbocycles. The summed E-state index contributed by atoms with van der Waals surface area (Å²) >= 11 is 1.26. The number of amides is 2. The molecule has 1 N–H and O–H groups in total. The monoisotopic (exact) mass is 421 g/mol. The third kappa shape index (κ3) is 4.34. The molecule has 1 heterocycles. The number of thioether (sulfide) groups is 1. The second-order valence-corrected chi connectivity index (χ2v) is 7.98. The minimum atomic E-state index is -0.501. The number of hydrogen-bond acceptors (Lipinski definition) is 5. The van der Waals surface area contributed by atoms with Crippen molar-refractivity contribution in [1.29, 1.82) is 5.26 Å². The fraction of sp³-hybridized carbons (Fsp3) is 0.261. The van der Waals surface area contributed by atoms with Crippen LogP contribution in [0.4, 0.5) is 5.69 Å². The van der Waals surface area contributed by atoms with Crippen LogP contribution in [0.15, 0.2) is 65.2 Å². The van der Waals surface area contributed by atoms with E-state index >= 15 is 0 Å². The maximum absolute atomic E-state index is 13.0. The highest BCUT2D eigenvalue weighted by atomic mass is 32.2. The maximum Gasteiger partial charge on any atom is 0.265 e. The van der Waals surface area contributed by atoms with Crippen molar-refractivity contribution in [3.05, 3.63) is 70.8 Å². The standard InChI is InChI=1S/C23H23N3O3S/c1-4-20-22(28)26(17-10-12-18(29-3)13-11-17)23(30-20)19(14-24)21(27)25-15(2)16-8-6-5-7-9-16/h5-13,15,20H,4H2,1-3H3,(H,25,27)/b23-19-. The lowest BCUT2D eigenvalue weighted by atomic mass is 10.1. The van der Waals surface area contributed by atoms with Crippen molar-refractivity contribution >= 4 is 29.3 Å². The van der Waals surface area contributed by atoms with E-state index in [4.69, 9.17) is 4.74 Å². The summed E-state index contributed by atoms with van der Waals surface area (Å²) in [5, 5.41) is 12.7. The summed E-state index contributed by atoms with van der Waals surface area (Å²) in [5.41, 5.74) is 1.46. The molecule has 2 amide bonds. The molecule has 2 aromatic rings. The minimum absolute atomic E-state index is 0.0668. The second-order valence-electron chi connectivity index (χ2n) is 6.78. The topological polar surface area (TPSA) is 82.4 Å². The van der Waals surface area contributed by atoms with Crippen LogP contribution < -0.4 is 15.0 Å². The van der Waals surface area contributed by atoms with Crippen molar-refractivity contribution in [2.24, 2.45) is 0 Å². The molecule has 1 aliphatic heterocycles. The van der Waals surface area contributed by atoms with Gasteiger partial charge in [0.1, 0.15) is 22.4 Å². The number of ether oxygens (including phenoxy) is 1. The Hall–Kier alpha value is -3.24. The van der Waals surface area contributed by atoms with Gasteiger partial charge in [0.15, 0.2) is 0 Å². The molecule has 0 spiro atoms. The smallest absolute Gasteiger partial charge is 0.265 e. The molecule has 2 unspecified atom stereocenters. The molecular weight excluding hydrogens is 398 g/mol. The third-order valence-electron chi connectivity index (χ3n) is 4.85. The first-order valence-corrected chi connectivity index (χ1v) is 10.5. The lowest BCUT2D eigenvalue weighted by molar-refractivity contribution is -0.117. The number of anilines is 1. The summed E-state index contributed by atoms with van der Waals surface area (Å²) in [6.07, 6.45) is 0.598. The van der Waals surface area contributed by atoms with Crippen LogP contribution in [0.3, 0.4) is 0 Å². The predicted octanol–water partition coefficient (Wildman–Crippen LogP) is 4.17. The van der Waals surface area contributed by atoms with Crippen molar-refractivity contribution < 1.29 is 14.3 Å². The lowest BCUT2D eigenvalue weighted by Crippen LogP contribution is -2.32. The summed E-state index contributed by atoms with van der Waals surface area (Å²) in [7, 11) is 1.57. The molecule has 0 saturated carbocycles. The number of carbonyl (C=O) groups is 2. The van der Waals surface area contributed by atoms with Crippen LogP contribution >= 0.6 is 11.8 Å². The lowest BCUT2D eigenvalue weighted by Gasteiger charge is -2.20. The van der Waals surface area contributed by atoms with Gasteiger partial charge in [-0.15, -0.1) is 0 Å². The van der Waals surface area contributed by atoms with Gasteiger partial charge in [0, 0.05) is 5.69 Å². The van der Waals surface area contributed by atoms with Gasteiger partial charge in [0.2, 0.25) is 5.91 Å². The van der Waals surface area contributed by atoms with Crippen LogP contribution in [0, 0.1) is 11.3 Å². The number of hydrogen-bond donors (Lipinski definition) is 1. The molecule has 0 aliphatic carbocycles. The Kier molecular flexibility index (Phi) is 6.80. The molecular formula is C23H23N3O3S. The number of rotatable bonds is 6. The summed E-state index contributed by atoms with van der Waals surface area (Å²) in [5.74, 6) is 0.0179. The highest BCUT2D eigenvalue weighted by molar-refractivity contribution is 8.05. The van der Waals surface area contributed by atoms with Crippen LogP contribution in [0.25, 0.3) is 0 Å². The van der Waals surface area contributed by atoms with Crippen molar-refractivity contribution in [2.45, 2.75) is 31.6 Å². The molecule has 154 valence electrons. The number of benzene rings is 2. The van der Waals surface area contributed by atoms with Crippen LogP contribution in [0.2, 0.25) is 0 Å². The highest BCUT2D eigenvalue weighted by Gasteiger charge is 2.40. The first-order chi connectivity index (χ1) is 14.5. The van der Waals surface area contributed by atoms with Crippen LogP contribution in [-0.2, 0) is 9.59 Å². The van der Waals surface area contributed by atoms with Gasteiger partial charge in [0.25, 0.3) is 5.91 Å². The van der Waals surface area contributed by atoms with E-state index in [0.29, 0.717) is 22.9 Å². The molecule has 0 radical (unpaired) electrons. The second kappa shape index (κ2) is 9.51. The molecule has 1 saturated heterocycles. The molecule has 0 bridgehead atoms. The Morgan fingerprint density at radius 2 is 1.90 bits per heavy atom. The Labute approximate surface area is 180 Å². The summed E-state index contributed by atoms with van der Waals surface area (Å²) in [4.78, 5) is 27.4. The van der Waals surface area contributed by atoms with E-state index < -0.39 is 5.91 Å². The number of carbonyl (C=O) groups excluding carboxylic acids is 2. The van der Waals surface area contributed by atoms with Crippen molar-refractivity contribution in [1.82, 2.24) is 5.32 Å². The van der Waals surface area contributed by atoms with E-state index in [9.17, 15) is 14.9 Å². The van der Waals surface area contributed by atoms with Gasteiger partial charge in [0.05, 0.1) is 18.4 Å². The average molecular weight is 422 g/mol. The van der Waals surface area contributed by atoms with Gasteiger partial charge in [-0.25, -0.2) is 0 Å². The normalized spacial score (nSPS) is 18.5. The molecule has 1 fully saturated rings. The Morgan fingerprint density at radius 3 is 2.47 bits per heavy atom. The van der Waals surface area contributed by atoms with Gasteiger partial charge in [-0.1, -0.05) is 49.0 Å². The fourth-order valence-corrected chi connectivity index (χ4v) is 4.38. The van der Waals surface area contributed by atoms with E-state index in [2.05, 4.69) is 5.32 Å². The van der Waals surface area contributed by atoms with Gasteiger partial charge in [-0.3, -0.25) is 14.5 Å². The Morgan fingerprint density at radius 1 is 1.23 bits per heavy atom. The van der Waals surface area contributed by atoms with Crippen molar-refractivity contribution in [2.75, 3.05) is 12.0 Å². The average Bonchev–Trinajstić information content (AvgIpc) is 3.10. The molecule has 6 nitrogen and oxygen atoms in total. The van der Waals surface area contributed by atoms with E-state index in [1.54, 1.807) is 31.4 Å². The highest BCUT2D eigenvalue weighted by Crippen LogP contribution is 2.42. The van der Waals surface area contributed by atoms with Crippen LogP contribution in [0.5, 0.6) is 5.75 Å². The number of nitriles is 1. The predicted molar refractivity (Wildman–Crippen MR) is 118 cm³/mol. The van der Waals surface area contributed by atoms with Gasteiger partial charge < -0.3 is 10.1 Å². The van der Waals surface area contributed by atoms with Crippen LogP contribution in [0.1, 0.15) is 31.9 Å². The first-order valence-electron chi connectivity index (χ1n) is 9.65. The van der Waals surface area contributed by atoms with E-state index in [-0.39, 0.29) is 22.8 Å². The molecule has 1 aliphatic rings. The zero-order chi connectivity index (χ0) is 21.7. The molecule has 0 aromatic heterocycles. The molecule has 30 heavy (non-hydrogen) atoms. The molecule has 7 heteroatoms. The van der Waals surface area contributed by atoms with Crippen LogP contribution in [-0.4, -0.2) is 24.2 Å². The van der Waals surface area contributed by atoms with Crippen molar-refractivity contribution in [3.8, 4) is 11.8 Å². The van der Waals surface area contributed by atoms with Crippen molar-refractivity contribution in [3.63, 3.8) is 0 Å². The first kappa shape index (κ1) is 21.5. The third-order valence-corrected chi connectivity index (χ3v) is 6.28. The van der Waals surface area contributed by atoms with E-state index in [1.807, 2.05) is 50.2 Å². The Bertz CT molecular complexity index is 997. The maximum atomic E-state index is 13.0. The fourth-order valence-electron chi connectivity index (χ4n) is 3.18. The SMILES string of the molecule is CCC1S/C(=C(/C#N)C(=O)NC(C)c2ccccc2)N(c2ccc(OC)cc2)C1=O. The Balaban J connectivity index is 1.96. The zero-order valence-electron chi connectivity index (χ0n) is 17.1. The summed E-state index contributed by atoms with van der Waals surface area (Å²) < 4.78 is 5.18. The van der Waals surface area contributed by atoms with Gasteiger partial charge in [-0.2, -0.15) is 5.26 Å². The van der Waals surface area contributed by atoms with E-state index in [0.717, 1.165) is 5.56 Å². The number of nitrogens with zero attached hydrogens (tertiary/aromatic N) is 2. The zero-order valence-corrected chi connectivity index (χ0v) is 17.9. The summed E-state index contributed by atoms with van der Waals surface area (Å²) in [6, 6.07) is 18.2. The quantitative estimate of drug-likeness (QED) is 0.559. The van der Waals surface area contributed by atoms with Gasteiger partial charge >= 0.3 is 0 Å². The summed E-state index contributed by atoms with van der Waals surface area (Å²) in [6.45, 7) is 3.77. The minimum Gasteiger partial charge on any atom is -0.497 e. The molecule has 3 rings (SSSR count). The van der Waals surface area contributed by atoms with E-state index in [1.165, 1.54) is 16.7 Å².